The Bertz CT molecular complexity index is 562. The number of hydrogen-bond donors (Lipinski definition) is 1. The molecule has 0 aliphatic carbocycles. The molecule has 1 fully saturated rings. The van der Waals surface area contributed by atoms with Crippen LogP contribution in [-0.2, 0) is 20.9 Å². The van der Waals surface area contributed by atoms with Gasteiger partial charge >= 0.3 is 5.97 Å². The van der Waals surface area contributed by atoms with Gasteiger partial charge in [-0.15, -0.1) is 0 Å². The molecule has 5 nitrogen and oxygen atoms in total. The number of piperidine rings is 1. The molecule has 132 valence electrons. The number of likely N-dealkylation sites (tertiary alicyclic amines) is 1. The first kappa shape index (κ1) is 18.4. The lowest BCUT2D eigenvalue weighted by molar-refractivity contribution is -0.151. The van der Waals surface area contributed by atoms with E-state index >= 15 is 0 Å². The molecule has 2 rings (SSSR count). The molecule has 1 N–H and O–H groups in total. The van der Waals surface area contributed by atoms with E-state index in [1.165, 1.54) is 12.1 Å². The molecular weight excluding hydrogens is 311 g/mol. The number of nitrogens with zero attached hydrogens (tertiary/aromatic N) is 1. The molecule has 1 amide bonds. The van der Waals surface area contributed by atoms with Crippen molar-refractivity contribution in [3.63, 3.8) is 0 Å². The van der Waals surface area contributed by atoms with Gasteiger partial charge < -0.3 is 10.1 Å². The Kier molecular flexibility index (Phi) is 6.73. The van der Waals surface area contributed by atoms with Crippen LogP contribution >= 0.6 is 0 Å². The number of esters is 1. The third-order valence-electron chi connectivity index (χ3n) is 4.38. The minimum Gasteiger partial charge on any atom is -0.466 e. The van der Waals surface area contributed by atoms with Crippen LogP contribution in [0.4, 0.5) is 4.39 Å². The number of rotatable bonds is 6. The first-order valence-electron chi connectivity index (χ1n) is 8.44. The molecule has 0 radical (unpaired) electrons. The predicted octanol–water partition coefficient (Wildman–Crippen LogP) is 2.11. The van der Waals surface area contributed by atoms with Crippen LogP contribution in [0.3, 0.4) is 0 Å². The maximum Gasteiger partial charge on any atom is 0.310 e. The van der Waals surface area contributed by atoms with Gasteiger partial charge in [0.25, 0.3) is 0 Å². The molecule has 0 spiro atoms. The van der Waals surface area contributed by atoms with E-state index < -0.39 is 0 Å². The molecule has 1 saturated heterocycles. The second-order valence-corrected chi connectivity index (χ2v) is 6.11. The fourth-order valence-corrected chi connectivity index (χ4v) is 2.92. The lowest BCUT2D eigenvalue weighted by atomic mass is 9.97. The quantitative estimate of drug-likeness (QED) is 0.809. The van der Waals surface area contributed by atoms with Crippen LogP contribution in [0.2, 0.25) is 0 Å². The van der Waals surface area contributed by atoms with Crippen LogP contribution in [0.1, 0.15) is 32.3 Å². The lowest BCUT2D eigenvalue weighted by Crippen LogP contribution is -2.50. The van der Waals surface area contributed by atoms with E-state index in [0.717, 1.165) is 24.9 Å². The summed E-state index contributed by atoms with van der Waals surface area (Å²) in [4.78, 5) is 26.3. The first-order valence-corrected chi connectivity index (χ1v) is 8.44. The van der Waals surface area contributed by atoms with Gasteiger partial charge in [0.2, 0.25) is 5.91 Å². The Morgan fingerprint density at radius 1 is 1.38 bits per heavy atom. The average molecular weight is 336 g/mol. The van der Waals surface area contributed by atoms with Crippen molar-refractivity contribution in [3.05, 3.63) is 35.6 Å². The normalized spacial score (nSPS) is 19.5. The molecule has 1 aromatic carbocycles. The molecule has 0 aromatic heterocycles. The highest BCUT2D eigenvalue weighted by Gasteiger charge is 2.31. The highest BCUT2D eigenvalue weighted by molar-refractivity contribution is 5.81. The smallest absolute Gasteiger partial charge is 0.310 e. The van der Waals surface area contributed by atoms with E-state index in [1.807, 2.05) is 11.8 Å². The molecule has 0 unspecified atom stereocenters. The molecular formula is C18H25FN2O3. The summed E-state index contributed by atoms with van der Waals surface area (Å²) < 4.78 is 18.0. The highest BCUT2D eigenvalue weighted by Crippen LogP contribution is 2.20. The fourth-order valence-electron chi connectivity index (χ4n) is 2.92. The Morgan fingerprint density at radius 3 is 2.75 bits per heavy atom. The summed E-state index contributed by atoms with van der Waals surface area (Å²) in [6, 6.07) is 5.73. The van der Waals surface area contributed by atoms with Gasteiger partial charge in [-0.25, -0.2) is 4.39 Å². The Labute approximate surface area is 142 Å². The zero-order chi connectivity index (χ0) is 17.5. The summed E-state index contributed by atoms with van der Waals surface area (Å²) in [5.41, 5.74) is 0.847. The number of nitrogens with one attached hydrogen (secondary N) is 1. The summed E-state index contributed by atoms with van der Waals surface area (Å²) in [5, 5.41) is 2.87. The summed E-state index contributed by atoms with van der Waals surface area (Å²) in [7, 11) is 0. The van der Waals surface area contributed by atoms with E-state index in [2.05, 4.69) is 5.32 Å². The Balaban J connectivity index is 1.85. The summed E-state index contributed by atoms with van der Waals surface area (Å²) in [6.45, 7) is 5.71. The Hall–Kier alpha value is -1.95. The SMILES string of the molecule is CCOC(=O)[C@@H]1CCCN([C@@H](C)C(=O)NCc2ccc(F)cc2)C1. The molecule has 1 aliphatic rings. The summed E-state index contributed by atoms with van der Waals surface area (Å²) in [6.07, 6.45) is 1.68. The topological polar surface area (TPSA) is 58.6 Å². The minimum atomic E-state index is -0.317. The average Bonchev–Trinajstić information content (AvgIpc) is 2.60. The number of amides is 1. The van der Waals surface area contributed by atoms with Gasteiger partial charge in [-0.1, -0.05) is 12.1 Å². The second-order valence-electron chi connectivity index (χ2n) is 6.11. The minimum absolute atomic E-state index is 0.0937. The third-order valence-corrected chi connectivity index (χ3v) is 4.38. The highest BCUT2D eigenvalue weighted by atomic mass is 19.1. The zero-order valence-electron chi connectivity index (χ0n) is 14.3. The number of ether oxygens (including phenoxy) is 1. The number of benzene rings is 1. The molecule has 1 heterocycles. The zero-order valence-corrected chi connectivity index (χ0v) is 14.3. The van der Waals surface area contributed by atoms with Crippen molar-refractivity contribution in [2.45, 2.75) is 39.3 Å². The number of hydrogen-bond acceptors (Lipinski definition) is 4. The molecule has 6 heteroatoms. The van der Waals surface area contributed by atoms with Gasteiger partial charge in [-0.3, -0.25) is 14.5 Å². The van der Waals surface area contributed by atoms with Gasteiger partial charge in [0.05, 0.1) is 18.6 Å². The third kappa shape index (κ3) is 5.03. The number of carbonyl (C=O) groups excluding carboxylic acids is 2. The van der Waals surface area contributed by atoms with Crippen molar-refractivity contribution in [1.82, 2.24) is 10.2 Å². The predicted molar refractivity (Wildman–Crippen MR) is 88.6 cm³/mol. The number of carbonyl (C=O) groups is 2. The standard InChI is InChI=1S/C18H25FN2O3/c1-3-24-18(23)15-5-4-10-21(12-15)13(2)17(22)20-11-14-6-8-16(19)9-7-14/h6-9,13,15H,3-5,10-12H2,1-2H3,(H,20,22)/t13-,15+/m0/s1. The van der Waals surface area contributed by atoms with Crippen LogP contribution in [0.5, 0.6) is 0 Å². The summed E-state index contributed by atoms with van der Waals surface area (Å²) >= 11 is 0. The molecule has 1 aromatic rings. The Morgan fingerprint density at radius 2 is 2.08 bits per heavy atom. The summed E-state index contributed by atoms with van der Waals surface area (Å²) in [5.74, 6) is -0.729. The van der Waals surface area contributed by atoms with Crippen molar-refractivity contribution in [1.29, 1.82) is 0 Å². The van der Waals surface area contributed by atoms with Crippen molar-refractivity contribution >= 4 is 11.9 Å². The van der Waals surface area contributed by atoms with Gasteiger partial charge in [-0.05, 0) is 50.9 Å². The van der Waals surface area contributed by atoms with Gasteiger partial charge in [-0.2, -0.15) is 0 Å². The maximum atomic E-state index is 12.9. The molecule has 0 bridgehead atoms. The molecule has 2 atom stereocenters. The number of halogens is 1. The van der Waals surface area contributed by atoms with Crippen LogP contribution in [-0.4, -0.2) is 42.5 Å². The molecule has 24 heavy (non-hydrogen) atoms. The largest absolute Gasteiger partial charge is 0.466 e. The maximum absolute atomic E-state index is 12.9. The van der Waals surface area contributed by atoms with Crippen LogP contribution in [0.25, 0.3) is 0 Å². The van der Waals surface area contributed by atoms with E-state index in [1.54, 1.807) is 19.1 Å². The van der Waals surface area contributed by atoms with Crippen molar-refractivity contribution in [3.8, 4) is 0 Å². The van der Waals surface area contributed by atoms with Crippen molar-refractivity contribution in [2.75, 3.05) is 19.7 Å². The second kappa shape index (κ2) is 8.78. The monoisotopic (exact) mass is 336 g/mol. The molecule has 0 saturated carbocycles. The van der Waals surface area contributed by atoms with Crippen LogP contribution in [0.15, 0.2) is 24.3 Å². The van der Waals surface area contributed by atoms with Gasteiger partial charge in [0.1, 0.15) is 5.82 Å². The first-order chi connectivity index (χ1) is 11.5. The van der Waals surface area contributed by atoms with Gasteiger partial charge in [0.15, 0.2) is 0 Å². The van der Waals surface area contributed by atoms with E-state index in [4.69, 9.17) is 4.74 Å². The van der Waals surface area contributed by atoms with Crippen molar-refractivity contribution < 1.29 is 18.7 Å². The van der Waals surface area contributed by atoms with E-state index in [0.29, 0.717) is 19.7 Å². The molecule has 1 aliphatic heterocycles. The van der Waals surface area contributed by atoms with E-state index in [-0.39, 0.29) is 29.7 Å². The van der Waals surface area contributed by atoms with Crippen LogP contribution in [0, 0.1) is 11.7 Å². The van der Waals surface area contributed by atoms with Crippen LogP contribution < -0.4 is 5.32 Å². The fraction of sp³-hybridized carbons (Fsp3) is 0.556. The lowest BCUT2D eigenvalue weighted by Gasteiger charge is -2.35. The van der Waals surface area contributed by atoms with E-state index in [9.17, 15) is 14.0 Å². The van der Waals surface area contributed by atoms with Crippen molar-refractivity contribution in [2.24, 2.45) is 5.92 Å². The van der Waals surface area contributed by atoms with Gasteiger partial charge in [0, 0.05) is 13.1 Å².